The van der Waals surface area contributed by atoms with Gasteiger partial charge in [0.2, 0.25) is 11.8 Å². The lowest BCUT2D eigenvalue weighted by Gasteiger charge is -2.07. The maximum absolute atomic E-state index is 12.2. The van der Waals surface area contributed by atoms with Gasteiger partial charge in [0.25, 0.3) is 0 Å². The van der Waals surface area contributed by atoms with Gasteiger partial charge in [-0.15, -0.1) is 5.10 Å². The van der Waals surface area contributed by atoms with Crippen LogP contribution in [0.2, 0.25) is 5.02 Å². The average Bonchev–Trinajstić information content (AvgIpc) is 2.96. The third-order valence-corrected chi connectivity index (χ3v) is 5.30. The second-order valence-electron chi connectivity index (χ2n) is 5.56. The minimum absolute atomic E-state index is 0.0446. The molecule has 2 amide bonds. The van der Waals surface area contributed by atoms with Gasteiger partial charge in [0.15, 0.2) is 5.17 Å². The number of thioether (sulfide) groups is 1. The molecule has 2 aromatic carbocycles. The van der Waals surface area contributed by atoms with Gasteiger partial charge in [0.05, 0.1) is 6.21 Å². The molecule has 2 aromatic rings. The topological polar surface area (TPSA) is 82.9 Å². The van der Waals surface area contributed by atoms with Crippen LogP contribution in [0.1, 0.15) is 12.0 Å². The summed E-state index contributed by atoms with van der Waals surface area (Å²) in [5.74, 6) is -0.503. The van der Waals surface area contributed by atoms with Crippen LogP contribution in [-0.2, 0) is 9.59 Å². The molecule has 0 spiro atoms. The number of benzene rings is 2. The van der Waals surface area contributed by atoms with E-state index in [1.807, 2.05) is 24.3 Å². The molecule has 0 aromatic heterocycles. The number of carbonyl (C=O) groups excluding carboxylic acids is 2. The molecule has 9 heteroatoms. The van der Waals surface area contributed by atoms with Crippen molar-refractivity contribution in [3.63, 3.8) is 0 Å². The number of nitrogens with zero attached hydrogens (tertiary/aromatic N) is 2. The van der Waals surface area contributed by atoms with Crippen molar-refractivity contribution in [3.8, 4) is 0 Å². The number of hydrogen-bond donors (Lipinski definition) is 2. The number of rotatable bonds is 5. The second-order valence-corrected chi connectivity index (χ2v) is 8.10. The molecule has 1 fully saturated rings. The molecule has 0 bridgehead atoms. The van der Waals surface area contributed by atoms with Gasteiger partial charge in [-0.1, -0.05) is 57.5 Å². The van der Waals surface area contributed by atoms with Crippen LogP contribution in [0, 0.1) is 0 Å². The summed E-state index contributed by atoms with van der Waals surface area (Å²) in [5.41, 5.74) is 1.50. The van der Waals surface area contributed by atoms with Crippen LogP contribution in [0.3, 0.4) is 0 Å². The van der Waals surface area contributed by atoms with Crippen LogP contribution in [-0.4, -0.2) is 28.4 Å². The molecule has 0 unspecified atom stereocenters. The molecule has 3 rings (SSSR count). The number of carbonyl (C=O) groups is 2. The Morgan fingerprint density at radius 2 is 2.07 bits per heavy atom. The Kier molecular flexibility index (Phi) is 6.65. The summed E-state index contributed by atoms with van der Waals surface area (Å²) < 4.78 is 0.862. The molecule has 1 atom stereocenters. The minimum atomic E-state index is -0.540. The Morgan fingerprint density at radius 1 is 1.30 bits per heavy atom. The molecule has 138 valence electrons. The molecule has 1 aliphatic heterocycles. The zero-order valence-electron chi connectivity index (χ0n) is 13.9. The quantitative estimate of drug-likeness (QED) is 0.516. The fourth-order valence-corrected chi connectivity index (χ4v) is 3.68. The molecule has 6 nitrogen and oxygen atoms in total. The molecule has 2 N–H and O–H groups in total. The summed E-state index contributed by atoms with van der Waals surface area (Å²) in [7, 11) is 0. The largest absolute Gasteiger partial charge is 0.326 e. The molecule has 1 saturated heterocycles. The van der Waals surface area contributed by atoms with Gasteiger partial charge < -0.3 is 10.6 Å². The zero-order chi connectivity index (χ0) is 19.2. The van der Waals surface area contributed by atoms with E-state index in [0.717, 1.165) is 10.0 Å². The smallest absolute Gasteiger partial charge is 0.240 e. The van der Waals surface area contributed by atoms with Crippen LogP contribution in [0.5, 0.6) is 0 Å². The van der Waals surface area contributed by atoms with Gasteiger partial charge in [-0.2, -0.15) is 5.10 Å². The van der Waals surface area contributed by atoms with Crippen LogP contribution in [0.25, 0.3) is 0 Å². The molecule has 1 aliphatic rings. The van der Waals surface area contributed by atoms with Crippen molar-refractivity contribution in [2.75, 3.05) is 5.32 Å². The van der Waals surface area contributed by atoms with E-state index in [1.165, 1.54) is 11.8 Å². The molecule has 0 saturated carbocycles. The zero-order valence-corrected chi connectivity index (χ0v) is 17.0. The van der Waals surface area contributed by atoms with Crippen molar-refractivity contribution in [2.24, 2.45) is 10.2 Å². The van der Waals surface area contributed by atoms with E-state index in [4.69, 9.17) is 11.6 Å². The number of amides is 2. The molecule has 0 aliphatic carbocycles. The van der Waals surface area contributed by atoms with Gasteiger partial charge in [-0.3, -0.25) is 9.59 Å². The first-order valence-corrected chi connectivity index (χ1v) is 9.94. The highest BCUT2D eigenvalue weighted by atomic mass is 79.9. The van der Waals surface area contributed by atoms with E-state index in [9.17, 15) is 9.59 Å². The van der Waals surface area contributed by atoms with Crippen molar-refractivity contribution in [1.82, 2.24) is 5.32 Å². The van der Waals surface area contributed by atoms with Crippen LogP contribution in [0.15, 0.2) is 63.2 Å². The molecule has 0 radical (unpaired) electrons. The highest BCUT2D eigenvalue weighted by Crippen LogP contribution is 2.23. The third-order valence-electron chi connectivity index (χ3n) is 3.48. The second kappa shape index (κ2) is 9.16. The predicted octanol–water partition coefficient (Wildman–Crippen LogP) is 4.05. The van der Waals surface area contributed by atoms with Crippen molar-refractivity contribution in [3.05, 3.63) is 63.6 Å². The molecule has 1 heterocycles. The first-order chi connectivity index (χ1) is 13.0. The Morgan fingerprint density at radius 3 is 2.81 bits per heavy atom. The predicted molar refractivity (Wildman–Crippen MR) is 113 cm³/mol. The Bertz CT molecular complexity index is 918. The van der Waals surface area contributed by atoms with E-state index in [2.05, 4.69) is 36.8 Å². The van der Waals surface area contributed by atoms with Crippen molar-refractivity contribution < 1.29 is 9.59 Å². The SMILES string of the molecule is O=C(C[C@@H]1S/C(=N/N=C\c2ccc(Cl)cc2)NC1=O)Nc1cccc(Br)c1. The maximum Gasteiger partial charge on any atom is 0.240 e. The van der Waals surface area contributed by atoms with Gasteiger partial charge in [-0.05, 0) is 35.9 Å². The Hall–Kier alpha value is -2.16. The third kappa shape index (κ3) is 5.92. The number of anilines is 1. The first kappa shape index (κ1) is 19.6. The van der Waals surface area contributed by atoms with E-state index in [-0.39, 0.29) is 18.2 Å². The standard InChI is InChI=1S/C18H14BrClN4O2S/c19-12-2-1-3-14(8-12)22-16(25)9-15-17(26)23-18(27-15)24-21-10-11-4-6-13(20)7-5-11/h1-8,10,15H,9H2,(H,22,25)(H,23,24,26)/b21-10-/t15-/m0/s1. The van der Waals surface area contributed by atoms with E-state index < -0.39 is 5.25 Å². The maximum atomic E-state index is 12.2. The van der Waals surface area contributed by atoms with Crippen LogP contribution in [0.4, 0.5) is 5.69 Å². The van der Waals surface area contributed by atoms with Gasteiger partial charge in [-0.25, -0.2) is 0 Å². The summed E-state index contributed by atoms with van der Waals surface area (Å²) in [6, 6.07) is 14.4. The fourth-order valence-electron chi connectivity index (χ4n) is 2.23. The number of nitrogens with one attached hydrogen (secondary N) is 2. The van der Waals surface area contributed by atoms with Crippen LogP contribution >= 0.6 is 39.3 Å². The molecular weight excluding hydrogens is 452 g/mol. The number of hydrogen-bond acceptors (Lipinski definition) is 5. The average molecular weight is 466 g/mol. The molecule has 27 heavy (non-hydrogen) atoms. The summed E-state index contributed by atoms with van der Waals surface area (Å²) in [6.07, 6.45) is 1.60. The lowest BCUT2D eigenvalue weighted by atomic mass is 10.2. The first-order valence-electron chi connectivity index (χ1n) is 7.89. The number of halogens is 2. The van der Waals surface area contributed by atoms with Crippen molar-refractivity contribution >= 4 is 68.2 Å². The number of amidine groups is 1. The van der Waals surface area contributed by atoms with Crippen molar-refractivity contribution in [1.29, 1.82) is 0 Å². The molecular formula is C18H14BrClN4O2S. The van der Waals surface area contributed by atoms with Crippen LogP contribution < -0.4 is 10.6 Å². The Labute approximate surface area is 173 Å². The summed E-state index contributed by atoms with van der Waals surface area (Å²) >= 11 is 10.4. The van der Waals surface area contributed by atoms with Gasteiger partial charge >= 0.3 is 0 Å². The minimum Gasteiger partial charge on any atom is -0.326 e. The fraction of sp³-hybridized carbons (Fsp3) is 0.111. The highest BCUT2D eigenvalue weighted by molar-refractivity contribution is 9.10. The summed E-state index contributed by atoms with van der Waals surface area (Å²) in [5, 5.41) is 13.8. The van der Waals surface area contributed by atoms with E-state index in [1.54, 1.807) is 30.5 Å². The highest BCUT2D eigenvalue weighted by Gasteiger charge is 2.32. The lowest BCUT2D eigenvalue weighted by molar-refractivity contribution is -0.122. The monoisotopic (exact) mass is 464 g/mol. The lowest BCUT2D eigenvalue weighted by Crippen LogP contribution is -2.28. The van der Waals surface area contributed by atoms with Gasteiger partial charge in [0.1, 0.15) is 5.25 Å². The van der Waals surface area contributed by atoms with E-state index >= 15 is 0 Å². The normalized spacial score (nSPS) is 18.1. The van der Waals surface area contributed by atoms with Gasteiger partial charge in [0, 0.05) is 21.6 Å². The Balaban J connectivity index is 1.55. The summed E-state index contributed by atoms with van der Waals surface area (Å²) in [6.45, 7) is 0. The summed E-state index contributed by atoms with van der Waals surface area (Å²) in [4.78, 5) is 24.2. The van der Waals surface area contributed by atoms with E-state index in [0.29, 0.717) is 15.9 Å². The van der Waals surface area contributed by atoms with Crippen molar-refractivity contribution in [2.45, 2.75) is 11.7 Å².